The van der Waals surface area contributed by atoms with Crippen LogP contribution in [0.3, 0.4) is 0 Å². The van der Waals surface area contributed by atoms with Gasteiger partial charge in [-0.2, -0.15) is 0 Å². The summed E-state index contributed by atoms with van der Waals surface area (Å²) >= 11 is 6.90. The second-order valence-corrected chi connectivity index (χ2v) is 7.45. The summed E-state index contributed by atoms with van der Waals surface area (Å²) in [5.74, 6) is 5.60. The first-order valence-electron chi connectivity index (χ1n) is 5.28. The zero-order valence-corrected chi connectivity index (χ0v) is 12.7. The van der Waals surface area contributed by atoms with Gasteiger partial charge in [0.1, 0.15) is 0 Å². The van der Waals surface area contributed by atoms with Crippen molar-refractivity contribution in [3.8, 4) is 0 Å². The van der Waals surface area contributed by atoms with Crippen LogP contribution >= 0.6 is 38.6 Å². The first-order chi connectivity index (χ1) is 8.17. The van der Waals surface area contributed by atoms with Crippen molar-refractivity contribution >= 4 is 38.6 Å². The molecular formula is C11H14BrN3S2. The van der Waals surface area contributed by atoms with Gasteiger partial charge >= 0.3 is 0 Å². The van der Waals surface area contributed by atoms with Gasteiger partial charge in [0.2, 0.25) is 0 Å². The molecule has 3 N–H and O–H groups in total. The number of hydrogen-bond acceptors (Lipinski definition) is 5. The largest absolute Gasteiger partial charge is 0.271 e. The first kappa shape index (κ1) is 13.2. The van der Waals surface area contributed by atoms with E-state index in [1.54, 1.807) is 22.7 Å². The molecule has 0 fully saturated rings. The second-order valence-electron chi connectivity index (χ2n) is 3.84. The van der Waals surface area contributed by atoms with E-state index in [-0.39, 0.29) is 6.04 Å². The summed E-state index contributed by atoms with van der Waals surface area (Å²) in [7, 11) is 0. The van der Waals surface area contributed by atoms with E-state index in [1.807, 2.05) is 6.92 Å². The number of hydrazine groups is 1. The minimum absolute atomic E-state index is 0.238. The number of thiazole rings is 1. The summed E-state index contributed by atoms with van der Waals surface area (Å²) in [4.78, 5) is 5.79. The van der Waals surface area contributed by atoms with Crippen molar-refractivity contribution < 1.29 is 0 Å². The maximum absolute atomic E-state index is 5.60. The Labute approximate surface area is 117 Å². The average molecular weight is 332 g/mol. The van der Waals surface area contributed by atoms with Crippen LogP contribution in [0.5, 0.6) is 0 Å². The quantitative estimate of drug-likeness (QED) is 0.654. The molecule has 1 atom stereocenters. The smallest absolute Gasteiger partial charge is 0.0897 e. The molecule has 1 unspecified atom stereocenters. The number of halogens is 1. The monoisotopic (exact) mass is 331 g/mol. The zero-order valence-electron chi connectivity index (χ0n) is 9.44. The van der Waals surface area contributed by atoms with Crippen LogP contribution in [0.25, 0.3) is 0 Å². The fourth-order valence-electron chi connectivity index (χ4n) is 1.65. The third kappa shape index (κ3) is 3.86. The standard InChI is InChI=1S/C11H14BrN3S2/c1-7-14-9(6-16-7)4-8(15-13)5-10-2-3-11(12)17-10/h2-3,6,8,15H,4-5,13H2,1H3. The summed E-state index contributed by atoms with van der Waals surface area (Å²) in [6.45, 7) is 2.02. The van der Waals surface area contributed by atoms with Crippen molar-refractivity contribution in [1.29, 1.82) is 0 Å². The Morgan fingerprint density at radius 3 is 2.82 bits per heavy atom. The predicted molar refractivity (Wildman–Crippen MR) is 77.4 cm³/mol. The molecule has 2 heterocycles. The Kier molecular flexibility index (Phi) is 4.69. The molecule has 0 bridgehead atoms. The van der Waals surface area contributed by atoms with Crippen LogP contribution in [0.4, 0.5) is 0 Å². The van der Waals surface area contributed by atoms with Crippen molar-refractivity contribution in [2.45, 2.75) is 25.8 Å². The highest BCUT2D eigenvalue weighted by molar-refractivity contribution is 9.11. The van der Waals surface area contributed by atoms with Gasteiger partial charge in [-0.25, -0.2) is 4.98 Å². The maximum Gasteiger partial charge on any atom is 0.0897 e. The van der Waals surface area contributed by atoms with Crippen molar-refractivity contribution in [3.05, 3.63) is 36.9 Å². The lowest BCUT2D eigenvalue weighted by Gasteiger charge is -2.13. The molecule has 0 aliphatic carbocycles. The van der Waals surface area contributed by atoms with Crippen molar-refractivity contribution in [1.82, 2.24) is 10.4 Å². The van der Waals surface area contributed by atoms with Crippen LogP contribution in [-0.2, 0) is 12.8 Å². The first-order valence-corrected chi connectivity index (χ1v) is 7.77. The third-order valence-corrected chi connectivity index (χ3v) is 4.90. The Bertz CT molecular complexity index is 438. The Hall–Kier alpha value is -0.270. The van der Waals surface area contributed by atoms with Gasteiger partial charge in [-0.15, -0.1) is 22.7 Å². The molecule has 2 rings (SSSR count). The summed E-state index contributed by atoms with van der Waals surface area (Å²) < 4.78 is 1.16. The van der Waals surface area contributed by atoms with Gasteiger partial charge in [-0.3, -0.25) is 11.3 Å². The number of hydrogen-bond donors (Lipinski definition) is 2. The highest BCUT2D eigenvalue weighted by Crippen LogP contribution is 2.23. The molecule has 0 amide bonds. The molecule has 0 saturated heterocycles. The number of rotatable bonds is 5. The Morgan fingerprint density at radius 2 is 2.29 bits per heavy atom. The van der Waals surface area contributed by atoms with Crippen molar-refractivity contribution in [2.24, 2.45) is 5.84 Å². The number of aromatic nitrogens is 1. The fourth-order valence-corrected chi connectivity index (χ4v) is 3.84. The van der Waals surface area contributed by atoms with E-state index in [0.717, 1.165) is 27.3 Å². The predicted octanol–water partition coefficient (Wildman–Crippen LogP) is 2.89. The summed E-state index contributed by atoms with van der Waals surface area (Å²) in [5.41, 5.74) is 3.99. The van der Waals surface area contributed by atoms with Crippen LogP contribution in [0.1, 0.15) is 15.6 Å². The third-order valence-electron chi connectivity index (χ3n) is 2.43. The van der Waals surface area contributed by atoms with Crippen LogP contribution < -0.4 is 11.3 Å². The van der Waals surface area contributed by atoms with Gasteiger partial charge in [0.05, 0.1) is 14.5 Å². The minimum atomic E-state index is 0.238. The van der Waals surface area contributed by atoms with Gasteiger partial charge in [-0.1, -0.05) is 0 Å². The van der Waals surface area contributed by atoms with Gasteiger partial charge < -0.3 is 0 Å². The van der Waals surface area contributed by atoms with E-state index in [9.17, 15) is 0 Å². The zero-order chi connectivity index (χ0) is 12.3. The molecule has 17 heavy (non-hydrogen) atoms. The molecule has 2 aromatic rings. The van der Waals surface area contributed by atoms with E-state index in [0.29, 0.717) is 0 Å². The Morgan fingerprint density at radius 1 is 1.47 bits per heavy atom. The average Bonchev–Trinajstić information content (AvgIpc) is 2.87. The van der Waals surface area contributed by atoms with E-state index in [2.05, 4.69) is 43.9 Å². The lowest BCUT2D eigenvalue weighted by Crippen LogP contribution is -2.38. The van der Waals surface area contributed by atoms with Crippen molar-refractivity contribution in [3.63, 3.8) is 0 Å². The maximum atomic E-state index is 5.60. The van der Waals surface area contributed by atoms with Crippen LogP contribution in [0, 0.1) is 6.92 Å². The lowest BCUT2D eigenvalue weighted by atomic mass is 10.1. The molecular weight excluding hydrogens is 318 g/mol. The van der Waals surface area contributed by atoms with E-state index >= 15 is 0 Å². The summed E-state index contributed by atoms with van der Waals surface area (Å²) in [6.07, 6.45) is 1.81. The molecule has 0 aliphatic rings. The molecule has 0 aliphatic heterocycles. The van der Waals surface area contributed by atoms with Gasteiger partial charge in [0.25, 0.3) is 0 Å². The minimum Gasteiger partial charge on any atom is -0.271 e. The van der Waals surface area contributed by atoms with E-state index in [4.69, 9.17) is 5.84 Å². The summed E-state index contributed by atoms with van der Waals surface area (Å²) in [5, 5.41) is 3.21. The van der Waals surface area contributed by atoms with Gasteiger partial charge in [-0.05, 0) is 41.4 Å². The van der Waals surface area contributed by atoms with E-state index < -0.39 is 0 Å². The highest BCUT2D eigenvalue weighted by Gasteiger charge is 2.12. The normalized spacial score (nSPS) is 12.9. The van der Waals surface area contributed by atoms with E-state index in [1.165, 1.54) is 4.88 Å². The Balaban J connectivity index is 1.97. The van der Waals surface area contributed by atoms with Crippen LogP contribution in [0.2, 0.25) is 0 Å². The molecule has 0 radical (unpaired) electrons. The fraction of sp³-hybridized carbons (Fsp3) is 0.364. The SMILES string of the molecule is Cc1nc(CC(Cc2ccc(Br)s2)NN)cs1. The number of thiophene rings is 1. The highest BCUT2D eigenvalue weighted by atomic mass is 79.9. The van der Waals surface area contributed by atoms with Crippen LogP contribution in [-0.4, -0.2) is 11.0 Å². The lowest BCUT2D eigenvalue weighted by molar-refractivity contribution is 0.521. The molecule has 2 aromatic heterocycles. The second kappa shape index (κ2) is 6.06. The summed E-state index contributed by atoms with van der Waals surface area (Å²) in [6, 6.07) is 4.44. The molecule has 3 nitrogen and oxygen atoms in total. The molecule has 0 aromatic carbocycles. The molecule has 92 valence electrons. The number of aryl methyl sites for hydroxylation is 1. The molecule has 0 saturated carbocycles. The molecule has 6 heteroatoms. The van der Waals surface area contributed by atoms with Gasteiger partial charge in [0.15, 0.2) is 0 Å². The number of nitrogens with two attached hydrogens (primary N) is 1. The topological polar surface area (TPSA) is 50.9 Å². The molecule has 0 spiro atoms. The van der Waals surface area contributed by atoms with Crippen molar-refractivity contribution in [2.75, 3.05) is 0 Å². The van der Waals surface area contributed by atoms with Crippen LogP contribution in [0.15, 0.2) is 21.3 Å². The number of nitrogens with zero attached hydrogens (tertiary/aromatic N) is 1. The number of nitrogens with one attached hydrogen (secondary N) is 1. The van der Waals surface area contributed by atoms with Gasteiger partial charge in [0, 0.05) is 22.7 Å².